The van der Waals surface area contributed by atoms with E-state index in [2.05, 4.69) is 48.5 Å². The van der Waals surface area contributed by atoms with Crippen LogP contribution in [-0.4, -0.2) is 11.6 Å². The number of benzene rings is 3. The van der Waals surface area contributed by atoms with Gasteiger partial charge in [-0.2, -0.15) is 0 Å². The zero-order chi connectivity index (χ0) is 13.1. The maximum atomic E-state index is 5.76. The van der Waals surface area contributed by atoms with Crippen molar-refractivity contribution >= 4 is 38.5 Å². The lowest BCUT2D eigenvalue weighted by atomic mass is 9.97. The van der Waals surface area contributed by atoms with Gasteiger partial charge < -0.3 is 4.74 Å². The minimum absolute atomic E-state index is 0.628. The van der Waals surface area contributed by atoms with E-state index in [0.29, 0.717) is 6.61 Å². The molecule has 0 fully saturated rings. The van der Waals surface area contributed by atoms with Crippen molar-refractivity contribution in [1.82, 2.24) is 4.98 Å². The van der Waals surface area contributed by atoms with Gasteiger partial charge in [0.25, 0.3) is 0 Å². The molecule has 3 aromatic carbocycles. The lowest BCUT2D eigenvalue weighted by Gasteiger charge is -2.16. The van der Waals surface area contributed by atoms with Crippen LogP contribution in [0.1, 0.15) is 0 Å². The summed E-state index contributed by atoms with van der Waals surface area (Å²) in [5.41, 5.74) is 1.07. The minimum Gasteiger partial charge on any atom is -0.489 e. The van der Waals surface area contributed by atoms with Crippen LogP contribution in [0.25, 0.3) is 38.5 Å². The summed E-state index contributed by atoms with van der Waals surface area (Å²) in [4.78, 5) is 4.72. The molecule has 1 aliphatic rings. The van der Waals surface area contributed by atoms with Crippen LogP contribution in [0.3, 0.4) is 0 Å². The molecule has 5 rings (SSSR count). The Labute approximate surface area is 115 Å². The van der Waals surface area contributed by atoms with E-state index in [-0.39, 0.29) is 0 Å². The first-order chi connectivity index (χ1) is 9.92. The Morgan fingerprint density at radius 2 is 1.90 bits per heavy atom. The second-order valence-corrected chi connectivity index (χ2v) is 5.21. The standard InChI is InChI=1S/C18H11NO/c1-2-4-14-11(3-1)9-12-5-6-15-16-13(7-8-20-15)10-19-18(14)17(12)16/h1-7,9-10H,8H2. The van der Waals surface area contributed by atoms with Gasteiger partial charge in [-0.05, 0) is 29.0 Å². The molecule has 0 saturated carbocycles. The molecule has 0 aliphatic carbocycles. The summed E-state index contributed by atoms with van der Waals surface area (Å²) in [7, 11) is 0. The molecule has 0 unspecified atom stereocenters. The number of hydrogen-bond donors (Lipinski definition) is 0. The Morgan fingerprint density at radius 1 is 0.950 bits per heavy atom. The summed E-state index contributed by atoms with van der Waals surface area (Å²) in [6.45, 7) is 0.628. The summed E-state index contributed by atoms with van der Waals surface area (Å²) in [6, 6.07) is 14.9. The fourth-order valence-corrected chi connectivity index (χ4v) is 3.23. The van der Waals surface area contributed by atoms with Gasteiger partial charge in [-0.15, -0.1) is 0 Å². The molecular weight excluding hydrogens is 246 g/mol. The molecule has 2 heterocycles. The van der Waals surface area contributed by atoms with Crippen molar-refractivity contribution in [3.8, 4) is 5.75 Å². The smallest absolute Gasteiger partial charge is 0.128 e. The monoisotopic (exact) mass is 257 g/mol. The van der Waals surface area contributed by atoms with E-state index in [4.69, 9.17) is 9.72 Å². The van der Waals surface area contributed by atoms with Crippen LogP contribution in [0, 0.1) is 0 Å². The number of rotatable bonds is 0. The SMILES string of the molecule is C1=c2cnc3c4ccccc4cc4ccc(c2c43)OC1. The molecule has 20 heavy (non-hydrogen) atoms. The summed E-state index contributed by atoms with van der Waals surface area (Å²) < 4.78 is 5.76. The van der Waals surface area contributed by atoms with Crippen LogP contribution in [-0.2, 0) is 0 Å². The van der Waals surface area contributed by atoms with Crippen molar-refractivity contribution in [2.75, 3.05) is 6.61 Å². The molecule has 0 N–H and O–H groups in total. The van der Waals surface area contributed by atoms with Gasteiger partial charge in [-0.25, -0.2) is 0 Å². The summed E-state index contributed by atoms with van der Waals surface area (Å²) in [5.74, 6) is 0.970. The van der Waals surface area contributed by atoms with Crippen molar-refractivity contribution in [3.05, 3.63) is 53.9 Å². The first-order valence-corrected chi connectivity index (χ1v) is 6.78. The highest BCUT2D eigenvalue weighted by molar-refractivity contribution is 6.21. The molecule has 2 heteroatoms. The maximum absolute atomic E-state index is 5.76. The first-order valence-electron chi connectivity index (χ1n) is 6.78. The zero-order valence-corrected chi connectivity index (χ0v) is 10.8. The predicted octanol–water partition coefficient (Wildman–Crippen LogP) is 3.43. The van der Waals surface area contributed by atoms with Crippen molar-refractivity contribution in [1.29, 1.82) is 0 Å². The summed E-state index contributed by atoms with van der Waals surface area (Å²) in [5, 5.41) is 7.26. The maximum Gasteiger partial charge on any atom is 0.128 e. The highest BCUT2D eigenvalue weighted by Gasteiger charge is 2.14. The quantitative estimate of drug-likeness (QED) is 0.355. The molecule has 0 bridgehead atoms. The molecule has 94 valence electrons. The molecule has 1 aromatic heterocycles. The Bertz CT molecular complexity index is 1050. The van der Waals surface area contributed by atoms with Crippen molar-refractivity contribution < 1.29 is 4.74 Å². The molecule has 0 amide bonds. The molecule has 0 atom stereocenters. The van der Waals surface area contributed by atoms with Crippen LogP contribution in [0.15, 0.2) is 48.7 Å². The minimum atomic E-state index is 0.628. The van der Waals surface area contributed by atoms with E-state index in [0.717, 1.165) is 11.3 Å². The molecule has 0 saturated heterocycles. The highest BCUT2D eigenvalue weighted by Crippen LogP contribution is 2.35. The van der Waals surface area contributed by atoms with Crippen molar-refractivity contribution in [3.63, 3.8) is 0 Å². The highest BCUT2D eigenvalue weighted by atomic mass is 16.5. The predicted molar refractivity (Wildman–Crippen MR) is 81.9 cm³/mol. The third-order valence-electron chi connectivity index (χ3n) is 4.13. The fourth-order valence-electron chi connectivity index (χ4n) is 3.23. The van der Waals surface area contributed by atoms with Crippen molar-refractivity contribution in [2.24, 2.45) is 0 Å². The molecule has 2 nitrogen and oxygen atoms in total. The van der Waals surface area contributed by atoms with Gasteiger partial charge in [0, 0.05) is 27.6 Å². The molecular formula is C18H11NO. The van der Waals surface area contributed by atoms with Gasteiger partial charge in [-0.1, -0.05) is 30.3 Å². The van der Waals surface area contributed by atoms with Crippen LogP contribution < -0.4 is 9.96 Å². The van der Waals surface area contributed by atoms with E-state index in [9.17, 15) is 0 Å². The summed E-state index contributed by atoms with van der Waals surface area (Å²) in [6.07, 6.45) is 4.07. The lowest BCUT2D eigenvalue weighted by molar-refractivity contribution is 0.375. The number of nitrogens with zero attached hydrogens (tertiary/aromatic N) is 1. The van der Waals surface area contributed by atoms with Crippen LogP contribution in [0.5, 0.6) is 5.75 Å². The largest absolute Gasteiger partial charge is 0.489 e. The Morgan fingerprint density at radius 3 is 2.90 bits per heavy atom. The Kier molecular flexibility index (Phi) is 1.78. The van der Waals surface area contributed by atoms with Gasteiger partial charge in [0.2, 0.25) is 0 Å². The van der Waals surface area contributed by atoms with Gasteiger partial charge >= 0.3 is 0 Å². The van der Waals surface area contributed by atoms with Gasteiger partial charge in [-0.3, -0.25) is 4.98 Å². The fraction of sp³-hybridized carbons (Fsp3) is 0.0556. The number of ether oxygens (including phenoxy) is 1. The van der Waals surface area contributed by atoms with Gasteiger partial charge in [0.05, 0.1) is 5.52 Å². The van der Waals surface area contributed by atoms with Crippen molar-refractivity contribution in [2.45, 2.75) is 0 Å². The van der Waals surface area contributed by atoms with Gasteiger partial charge in [0.15, 0.2) is 0 Å². The number of fused-ring (bicyclic) bond motifs is 2. The van der Waals surface area contributed by atoms with E-state index < -0.39 is 0 Å². The zero-order valence-electron chi connectivity index (χ0n) is 10.8. The average Bonchev–Trinajstić information content (AvgIpc) is 2.52. The normalized spacial score (nSPS) is 13.6. The molecule has 4 aromatic rings. The number of aromatic nitrogens is 1. The second-order valence-electron chi connectivity index (χ2n) is 5.21. The third kappa shape index (κ3) is 1.16. The molecule has 0 radical (unpaired) electrons. The second kappa shape index (κ2) is 3.48. The lowest BCUT2D eigenvalue weighted by Crippen LogP contribution is -2.14. The van der Waals surface area contributed by atoms with E-state index in [1.165, 1.54) is 32.1 Å². The molecule has 1 aliphatic heterocycles. The van der Waals surface area contributed by atoms with E-state index in [1.807, 2.05) is 6.20 Å². The Hall–Kier alpha value is -2.61. The summed E-state index contributed by atoms with van der Waals surface area (Å²) >= 11 is 0. The van der Waals surface area contributed by atoms with Crippen LogP contribution in [0.2, 0.25) is 0 Å². The number of hydrogen-bond acceptors (Lipinski definition) is 2. The topological polar surface area (TPSA) is 22.1 Å². The Balaban J connectivity index is 2.20. The van der Waals surface area contributed by atoms with Gasteiger partial charge in [0.1, 0.15) is 12.4 Å². The first kappa shape index (κ1) is 10.2. The number of pyridine rings is 1. The van der Waals surface area contributed by atoms with Crippen LogP contribution >= 0.6 is 0 Å². The third-order valence-corrected chi connectivity index (χ3v) is 4.13. The van der Waals surface area contributed by atoms with E-state index >= 15 is 0 Å². The van der Waals surface area contributed by atoms with Crippen LogP contribution in [0.4, 0.5) is 0 Å². The average molecular weight is 257 g/mol. The molecule has 0 spiro atoms. The van der Waals surface area contributed by atoms with E-state index in [1.54, 1.807) is 0 Å².